The van der Waals surface area contributed by atoms with Gasteiger partial charge in [0, 0.05) is 17.8 Å². The molecule has 0 fully saturated rings. The standard InChI is InChI=1S/C20H20N4O3/c1-26-16-10-9-13(11-22-16)18-17(19(21)27-24-18)20(25)23-15-8-4-6-12-5-2-3-7-14(12)15/h2-3,5,7,9-11,15H,4,6,8,21H2,1H3,(H,23,25). The fourth-order valence-electron chi connectivity index (χ4n) is 3.49. The largest absolute Gasteiger partial charge is 0.481 e. The Bertz CT molecular complexity index is 966. The Balaban J connectivity index is 1.62. The Kier molecular flexibility index (Phi) is 4.50. The van der Waals surface area contributed by atoms with Gasteiger partial charge in [-0.1, -0.05) is 29.4 Å². The average Bonchev–Trinajstić information content (AvgIpc) is 3.10. The fourth-order valence-corrected chi connectivity index (χ4v) is 3.49. The number of amides is 1. The topological polar surface area (TPSA) is 103 Å². The number of nitrogens with zero attached hydrogens (tertiary/aromatic N) is 2. The van der Waals surface area contributed by atoms with Gasteiger partial charge in [0.05, 0.1) is 13.2 Å². The summed E-state index contributed by atoms with van der Waals surface area (Å²) in [6.45, 7) is 0. The van der Waals surface area contributed by atoms with Gasteiger partial charge < -0.3 is 20.3 Å². The minimum absolute atomic E-state index is 0.0117. The lowest BCUT2D eigenvalue weighted by Gasteiger charge is -2.26. The fraction of sp³-hybridized carbons (Fsp3) is 0.250. The number of carbonyl (C=O) groups excluding carboxylic acids is 1. The highest BCUT2D eigenvalue weighted by Gasteiger charge is 2.27. The molecule has 0 saturated carbocycles. The van der Waals surface area contributed by atoms with E-state index in [0.717, 1.165) is 24.8 Å². The van der Waals surface area contributed by atoms with Gasteiger partial charge in [-0.15, -0.1) is 0 Å². The Morgan fingerprint density at radius 1 is 1.30 bits per heavy atom. The van der Waals surface area contributed by atoms with E-state index in [1.165, 1.54) is 12.7 Å². The molecule has 1 unspecified atom stereocenters. The van der Waals surface area contributed by atoms with E-state index in [2.05, 4.69) is 27.6 Å². The number of aromatic nitrogens is 2. The van der Waals surface area contributed by atoms with Crippen LogP contribution in [0.3, 0.4) is 0 Å². The molecule has 1 amide bonds. The molecular weight excluding hydrogens is 344 g/mol. The first kappa shape index (κ1) is 17.1. The van der Waals surface area contributed by atoms with E-state index < -0.39 is 0 Å². The molecule has 1 aliphatic rings. The number of benzene rings is 1. The zero-order valence-corrected chi connectivity index (χ0v) is 14.9. The molecular formula is C20H20N4O3. The molecule has 1 aromatic carbocycles. The summed E-state index contributed by atoms with van der Waals surface area (Å²) in [5, 5.41) is 7.05. The molecule has 0 saturated heterocycles. The minimum Gasteiger partial charge on any atom is -0.481 e. The van der Waals surface area contributed by atoms with E-state index in [1.54, 1.807) is 18.3 Å². The molecule has 1 aliphatic carbocycles. The number of nitrogens with two attached hydrogens (primary N) is 1. The van der Waals surface area contributed by atoms with Gasteiger partial charge in [-0.25, -0.2) is 4.98 Å². The number of fused-ring (bicyclic) bond motifs is 1. The van der Waals surface area contributed by atoms with Gasteiger partial charge in [0.2, 0.25) is 11.8 Å². The molecule has 2 aromatic heterocycles. The van der Waals surface area contributed by atoms with Crippen LogP contribution in [-0.2, 0) is 6.42 Å². The van der Waals surface area contributed by atoms with Crippen LogP contribution in [0.15, 0.2) is 47.1 Å². The number of hydrogen-bond acceptors (Lipinski definition) is 6. The summed E-state index contributed by atoms with van der Waals surface area (Å²) in [7, 11) is 1.54. The number of rotatable bonds is 4. The predicted molar refractivity (Wildman–Crippen MR) is 100 cm³/mol. The Hall–Kier alpha value is -3.35. The first-order chi connectivity index (χ1) is 13.2. The number of pyridine rings is 1. The second-order valence-corrected chi connectivity index (χ2v) is 6.48. The summed E-state index contributed by atoms with van der Waals surface area (Å²) in [6, 6.07) is 11.6. The van der Waals surface area contributed by atoms with Crippen molar-refractivity contribution in [2.75, 3.05) is 12.8 Å². The quantitative estimate of drug-likeness (QED) is 0.737. The summed E-state index contributed by atoms with van der Waals surface area (Å²) in [5.74, 6) is 0.156. The lowest BCUT2D eigenvalue weighted by atomic mass is 9.87. The van der Waals surface area contributed by atoms with Crippen LogP contribution in [0.4, 0.5) is 5.88 Å². The van der Waals surface area contributed by atoms with Gasteiger partial charge in [-0.05, 0) is 36.5 Å². The second kappa shape index (κ2) is 7.11. The molecule has 7 nitrogen and oxygen atoms in total. The lowest BCUT2D eigenvalue weighted by Crippen LogP contribution is -2.31. The normalized spacial score (nSPS) is 15.8. The van der Waals surface area contributed by atoms with Crippen molar-refractivity contribution in [3.63, 3.8) is 0 Å². The van der Waals surface area contributed by atoms with Crippen LogP contribution in [0, 0.1) is 0 Å². The zero-order valence-electron chi connectivity index (χ0n) is 14.9. The number of anilines is 1. The number of ether oxygens (including phenoxy) is 1. The van der Waals surface area contributed by atoms with Crippen molar-refractivity contribution in [2.24, 2.45) is 0 Å². The van der Waals surface area contributed by atoms with E-state index in [4.69, 9.17) is 15.0 Å². The summed E-state index contributed by atoms with van der Waals surface area (Å²) in [5.41, 5.74) is 9.55. The summed E-state index contributed by atoms with van der Waals surface area (Å²) >= 11 is 0. The van der Waals surface area contributed by atoms with Crippen molar-refractivity contribution in [3.8, 4) is 17.1 Å². The number of nitrogens with one attached hydrogen (secondary N) is 1. The number of hydrogen-bond donors (Lipinski definition) is 2. The maximum Gasteiger partial charge on any atom is 0.259 e. The number of methoxy groups -OCH3 is 1. The number of nitrogen functional groups attached to an aromatic ring is 1. The molecule has 3 N–H and O–H groups in total. The molecule has 27 heavy (non-hydrogen) atoms. The third-order valence-electron chi connectivity index (χ3n) is 4.84. The molecule has 4 rings (SSSR count). The maximum absolute atomic E-state index is 13.0. The molecule has 138 valence electrons. The van der Waals surface area contributed by atoms with Crippen LogP contribution in [0.2, 0.25) is 0 Å². The Morgan fingerprint density at radius 3 is 2.93 bits per heavy atom. The average molecular weight is 364 g/mol. The maximum atomic E-state index is 13.0. The van der Waals surface area contributed by atoms with Crippen LogP contribution in [0.1, 0.15) is 40.4 Å². The Morgan fingerprint density at radius 2 is 2.15 bits per heavy atom. The highest BCUT2D eigenvalue weighted by Crippen LogP contribution is 2.32. The summed E-state index contributed by atoms with van der Waals surface area (Å²) in [4.78, 5) is 17.1. The van der Waals surface area contributed by atoms with Crippen molar-refractivity contribution >= 4 is 11.8 Å². The Labute approximate surface area is 156 Å². The molecule has 0 radical (unpaired) electrons. The lowest BCUT2D eigenvalue weighted by molar-refractivity contribution is 0.0934. The molecule has 0 aliphatic heterocycles. The van der Waals surface area contributed by atoms with Crippen LogP contribution >= 0.6 is 0 Å². The number of aryl methyl sites for hydroxylation is 1. The van der Waals surface area contributed by atoms with E-state index >= 15 is 0 Å². The van der Waals surface area contributed by atoms with Gasteiger partial charge in [-0.3, -0.25) is 4.79 Å². The first-order valence-electron chi connectivity index (χ1n) is 8.81. The van der Waals surface area contributed by atoms with Crippen LogP contribution < -0.4 is 15.8 Å². The van der Waals surface area contributed by atoms with Crippen LogP contribution in [-0.4, -0.2) is 23.2 Å². The van der Waals surface area contributed by atoms with Gasteiger partial charge in [0.1, 0.15) is 11.3 Å². The summed E-state index contributed by atoms with van der Waals surface area (Å²) in [6.07, 6.45) is 4.51. The number of carbonyl (C=O) groups is 1. The minimum atomic E-state index is -0.304. The molecule has 1 atom stereocenters. The zero-order chi connectivity index (χ0) is 18.8. The third kappa shape index (κ3) is 3.23. The smallest absolute Gasteiger partial charge is 0.259 e. The van der Waals surface area contributed by atoms with Crippen LogP contribution in [0.25, 0.3) is 11.3 Å². The van der Waals surface area contributed by atoms with E-state index in [9.17, 15) is 4.79 Å². The SMILES string of the molecule is COc1ccc(-c2noc(N)c2C(=O)NC2CCCc3ccccc32)cn1. The third-order valence-corrected chi connectivity index (χ3v) is 4.84. The molecule has 0 spiro atoms. The van der Waals surface area contributed by atoms with Crippen LogP contribution in [0.5, 0.6) is 5.88 Å². The highest BCUT2D eigenvalue weighted by molar-refractivity contribution is 6.03. The van der Waals surface area contributed by atoms with E-state index in [-0.39, 0.29) is 23.4 Å². The van der Waals surface area contributed by atoms with E-state index in [1.807, 2.05) is 12.1 Å². The van der Waals surface area contributed by atoms with Gasteiger partial charge in [0.25, 0.3) is 5.91 Å². The molecule has 7 heteroatoms. The molecule has 2 heterocycles. The first-order valence-corrected chi connectivity index (χ1v) is 8.81. The second-order valence-electron chi connectivity index (χ2n) is 6.48. The molecule has 0 bridgehead atoms. The van der Waals surface area contributed by atoms with Gasteiger partial charge in [-0.2, -0.15) is 0 Å². The van der Waals surface area contributed by atoms with Crippen molar-refractivity contribution in [1.29, 1.82) is 0 Å². The van der Waals surface area contributed by atoms with Crippen molar-refractivity contribution < 1.29 is 14.1 Å². The van der Waals surface area contributed by atoms with Crippen molar-refractivity contribution in [3.05, 3.63) is 59.3 Å². The summed E-state index contributed by atoms with van der Waals surface area (Å²) < 4.78 is 10.2. The van der Waals surface area contributed by atoms with Crippen molar-refractivity contribution in [1.82, 2.24) is 15.5 Å². The highest BCUT2D eigenvalue weighted by atomic mass is 16.5. The molecule has 3 aromatic rings. The van der Waals surface area contributed by atoms with Gasteiger partial charge >= 0.3 is 0 Å². The monoisotopic (exact) mass is 364 g/mol. The van der Waals surface area contributed by atoms with Gasteiger partial charge in [0.15, 0.2) is 0 Å². The van der Waals surface area contributed by atoms with E-state index in [0.29, 0.717) is 17.1 Å². The predicted octanol–water partition coefficient (Wildman–Crippen LogP) is 3.13. The van der Waals surface area contributed by atoms with Crippen molar-refractivity contribution in [2.45, 2.75) is 25.3 Å².